The molecule has 0 radical (unpaired) electrons. The van der Waals surface area contributed by atoms with Gasteiger partial charge in [0.2, 0.25) is 0 Å². The fourth-order valence-corrected chi connectivity index (χ4v) is 3.45. The van der Waals surface area contributed by atoms with Crippen LogP contribution in [0.4, 0.5) is 0 Å². The molecule has 3 rings (SSSR count). The van der Waals surface area contributed by atoms with Crippen LogP contribution in [0.3, 0.4) is 0 Å². The van der Waals surface area contributed by atoms with Crippen LogP contribution in [0, 0.1) is 13.8 Å². The van der Waals surface area contributed by atoms with Crippen molar-refractivity contribution in [2.75, 3.05) is 0 Å². The molecule has 0 amide bonds. The summed E-state index contributed by atoms with van der Waals surface area (Å²) in [5, 5.41) is 11.7. The van der Waals surface area contributed by atoms with Crippen molar-refractivity contribution in [1.82, 2.24) is 10.2 Å². The quantitative estimate of drug-likeness (QED) is 0.647. The zero-order valence-electron chi connectivity index (χ0n) is 9.02. The third kappa shape index (κ3) is 1.54. The fourth-order valence-electron chi connectivity index (χ4n) is 1.77. The minimum absolute atomic E-state index is 1.01. The van der Waals surface area contributed by atoms with Gasteiger partial charge in [-0.15, -0.1) is 27.8 Å². The fraction of sp³-hybridized carbons (Fsp3) is 0.167. The first kappa shape index (κ1) is 9.93. The molecule has 0 aromatic carbocycles. The predicted octanol–water partition coefficient (Wildman–Crippen LogP) is 4.04. The highest BCUT2D eigenvalue weighted by Crippen LogP contribution is 2.33. The summed E-state index contributed by atoms with van der Waals surface area (Å²) >= 11 is 3.54. The third-order valence-corrected chi connectivity index (χ3v) is 4.39. The molecule has 0 spiro atoms. The lowest BCUT2D eigenvalue weighted by molar-refractivity contribution is 1.06. The molecule has 0 bridgehead atoms. The summed E-state index contributed by atoms with van der Waals surface area (Å²) in [6.45, 7) is 4.23. The normalized spacial score (nSPS) is 11.1. The first-order valence-electron chi connectivity index (χ1n) is 5.01. The van der Waals surface area contributed by atoms with Crippen molar-refractivity contribution < 1.29 is 0 Å². The lowest BCUT2D eigenvalue weighted by atomic mass is 10.2. The Hall–Kier alpha value is -1.26. The smallest absolute Gasteiger partial charge is 0.112 e. The van der Waals surface area contributed by atoms with Gasteiger partial charge in [-0.1, -0.05) is 0 Å². The Labute approximate surface area is 102 Å². The van der Waals surface area contributed by atoms with E-state index in [0.29, 0.717) is 0 Å². The van der Waals surface area contributed by atoms with E-state index in [0.717, 1.165) is 5.69 Å². The van der Waals surface area contributed by atoms with Crippen LogP contribution in [0.15, 0.2) is 23.7 Å². The molecule has 3 aromatic rings. The first-order valence-corrected chi connectivity index (χ1v) is 6.71. The molecule has 80 valence electrons. The highest BCUT2D eigenvalue weighted by atomic mass is 32.1. The minimum Gasteiger partial charge on any atom is -0.158 e. The Morgan fingerprint density at radius 1 is 1.12 bits per heavy atom. The molecular formula is C12H10N2S2. The number of thiophene rings is 2. The molecule has 0 fully saturated rings. The van der Waals surface area contributed by atoms with Crippen molar-refractivity contribution in [3.63, 3.8) is 0 Å². The summed E-state index contributed by atoms with van der Waals surface area (Å²) in [7, 11) is 0. The number of aromatic nitrogens is 2. The Morgan fingerprint density at radius 2 is 2.00 bits per heavy atom. The largest absolute Gasteiger partial charge is 0.158 e. The third-order valence-electron chi connectivity index (χ3n) is 2.46. The molecule has 0 N–H and O–H groups in total. The van der Waals surface area contributed by atoms with Crippen molar-refractivity contribution in [2.45, 2.75) is 13.8 Å². The Bertz CT molecular complexity index is 652. The van der Waals surface area contributed by atoms with E-state index < -0.39 is 0 Å². The molecule has 0 saturated carbocycles. The maximum absolute atomic E-state index is 4.27. The number of hydrogen-bond donors (Lipinski definition) is 0. The van der Waals surface area contributed by atoms with Crippen molar-refractivity contribution in [3.8, 4) is 11.3 Å². The molecule has 3 aromatic heterocycles. The van der Waals surface area contributed by atoms with Crippen molar-refractivity contribution in [3.05, 3.63) is 33.5 Å². The lowest BCUT2D eigenvalue weighted by Gasteiger charge is -1.96. The van der Waals surface area contributed by atoms with Gasteiger partial charge in [-0.2, -0.15) is 5.10 Å². The summed E-state index contributed by atoms with van der Waals surface area (Å²) in [6.07, 6.45) is 1.83. The molecule has 0 aliphatic heterocycles. The molecule has 2 nitrogen and oxygen atoms in total. The second-order valence-corrected chi connectivity index (χ2v) is 6.15. The number of hydrogen-bond acceptors (Lipinski definition) is 4. The molecule has 0 saturated heterocycles. The summed E-state index contributed by atoms with van der Waals surface area (Å²) in [4.78, 5) is 2.61. The van der Waals surface area contributed by atoms with Gasteiger partial charge in [0.1, 0.15) is 5.69 Å². The minimum atomic E-state index is 1.01. The molecule has 16 heavy (non-hydrogen) atoms. The van der Waals surface area contributed by atoms with E-state index in [4.69, 9.17) is 0 Å². The Morgan fingerprint density at radius 3 is 2.75 bits per heavy atom. The van der Waals surface area contributed by atoms with Crippen LogP contribution in [0.1, 0.15) is 9.75 Å². The molecule has 0 unspecified atom stereocenters. The van der Waals surface area contributed by atoms with E-state index in [1.807, 2.05) is 6.20 Å². The van der Waals surface area contributed by atoms with E-state index >= 15 is 0 Å². The van der Waals surface area contributed by atoms with Gasteiger partial charge in [0.05, 0.1) is 10.9 Å². The molecule has 0 aliphatic rings. The van der Waals surface area contributed by atoms with Crippen molar-refractivity contribution in [1.29, 1.82) is 0 Å². The van der Waals surface area contributed by atoms with Gasteiger partial charge < -0.3 is 0 Å². The number of aryl methyl sites for hydroxylation is 2. The highest BCUT2D eigenvalue weighted by Gasteiger charge is 2.09. The molecule has 4 heteroatoms. The maximum atomic E-state index is 4.27. The zero-order valence-corrected chi connectivity index (χ0v) is 10.7. The van der Waals surface area contributed by atoms with Crippen molar-refractivity contribution >= 4 is 32.8 Å². The number of nitrogens with zero attached hydrogens (tertiary/aromatic N) is 2. The van der Waals surface area contributed by atoms with E-state index in [-0.39, 0.29) is 0 Å². The van der Waals surface area contributed by atoms with Gasteiger partial charge in [0.15, 0.2) is 0 Å². The average Bonchev–Trinajstić information content (AvgIpc) is 2.82. The van der Waals surface area contributed by atoms with E-state index in [2.05, 4.69) is 41.6 Å². The molecular weight excluding hydrogens is 236 g/mol. The topological polar surface area (TPSA) is 25.8 Å². The van der Waals surface area contributed by atoms with Gasteiger partial charge in [-0.05, 0) is 26.0 Å². The van der Waals surface area contributed by atoms with E-state index in [1.54, 1.807) is 22.7 Å². The Balaban J connectivity index is 2.30. The standard InChI is InChI=1S/C12H10N2S2/c1-7-3-10(6-15-7)11-12-9(5-13-14-11)4-8(2)16-12/h3-6H,1-2H3. The lowest BCUT2D eigenvalue weighted by Crippen LogP contribution is -1.84. The summed E-state index contributed by atoms with van der Waals surface area (Å²) in [6, 6.07) is 4.33. The van der Waals surface area contributed by atoms with Crippen LogP contribution in [0.25, 0.3) is 21.3 Å². The Kier molecular flexibility index (Phi) is 2.26. The number of fused-ring (bicyclic) bond motifs is 1. The van der Waals surface area contributed by atoms with Crippen LogP contribution < -0.4 is 0 Å². The van der Waals surface area contributed by atoms with Crippen LogP contribution >= 0.6 is 22.7 Å². The molecule has 0 atom stereocenters. The average molecular weight is 246 g/mol. The SMILES string of the molecule is Cc1cc(-c2nncc3cc(C)sc23)cs1. The van der Waals surface area contributed by atoms with Crippen LogP contribution in [0.5, 0.6) is 0 Å². The van der Waals surface area contributed by atoms with E-state index in [1.165, 1.54) is 25.4 Å². The van der Waals surface area contributed by atoms with Gasteiger partial charge in [0, 0.05) is 26.1 Å². The van der Waals surface area contributed by atoms with E-state index in [9.17, 15) is 0 Å². The monoisotopic (exact) mass is 246 g/mol. The maximum Gasteiger partial charge on any atom is 0.112 e. The second kappa shape index (κ2) is 3.64. The van der Waals surface area contributed by atoms with Crippen molar-refractivity contribution in [2.24, 2.45) is 0 Å². The summed E-state index contributed by atoms with van der Waals surface area (Å²) in [5.74, 6) is 0. The van der Waals surface area contributed by atoms with Gasteiger partial charge in [-0.25, -0.2) is 0 Å². The first-order chi connectivity index (χ1) is 7.74. The van der Waals surface area contributed by atoms with Crippen LogP contribution in [0.2, 0.25) is 0 Å². The van der Waals surface area contributed by atoms with Crippen LogP contribution in [-0.4, -0.2) is 10.2 Å². The predicted molar refractivity (Wildman–Crippen MR) is 70.2 cm³/mol. The summed E-state index contributed by atoms with van der Waals surface area (Å²) < 4.78 is 1.24. The highest BCUT2D eigenvalue weighted by molar-refractivity contribution is 7.19. The van der Waals surface area contributed by atoms with Gasteiger partial charge >= 0.3 is 0 Å². The summed E-state index contributed by atoms with van der Waals surface area (Å²) in [5.41, 5.74) is 2.20. The number of rotatable bonds is 1. The van der Waals surface area contributed by atoms with Crippen LogP contribution in [-0.2, 0) is 0 Å². The zero-order chi connectivity index (χ0) is 11.1. The second-order valence-electron chi connectivity index (χ2n) is 3.78. The van der Waals surface area contributed by atoms with Gasteiger partial charge in [-0.3, -0.25) is 0 Å². The molecule has 0 aliphatic carbocycles. The van der Waals surface area contributed by atoms with Gasteiger partial charge in [0.25, 0.3) is 0 Å². The molecule has 3 heterocycles.